The first-order chi connectivity index (χ1) is 20.7. The third-order valence-corrected chi connectivity index (χ3v) is 7.13. The molecule has 0 bridgehead atoms. The number of anilines is 2. The predicted octanol–water partition coefficient (Wildman–Crippen LogP) is 5.13. The molecule has 0 spiro atoms. The number of furan rings is 1. The first-order valence-corrected chi connectivity index (χ1v) is 13.7. The van der Waals surface area contributed by atoms with Crippen molar-refractivity contribution in [1.29, 1.82) is 0 Å². The maximum Gasteiger partial charge on any atom is 0.289 e. The number of nitrogens with one attached hydrogen (secondary N) is 1. The summed E-state index contributed by atoms with van der Waals surface area (Å²) in [6.45, 7) is 6.79. The molecule has 1 aliphatic rings. The monoisotopic (exact) mass is 558 g/mol. The minimum atomic E-state index is -0.0747. The molecule has 1 aliphatic heterocycles. The van der Waals surface area contributed by atoms with Crippen molar-refractivity contribution in [2.75, 3.05) is 43.1 Å². The maximum atomic E-state index is 12.5. The molecule has 5 heterocycles. The van der Waals surface area contributed by atoms with E-state index in [9.17, 15) is 4.79 Å². The maximum absolute atomic E-state index is 12.5. The lowest BCUT2D eigenvalue weighted by Gasteiger charge is -2.35. The van der Waals surface area contributed by atoms with Crippen LogP contribution in [-0.4, -0.2) is 71.0 Å². The summed E-state index contributed by atoms with van der Waals surface area (Å²) in [5.74, 6) is 1.18. The smallest absolute Gasteiger partial charge is 0.289 e. The summed E-state index contributed by atoms with van der Waals surface area (Å²) in [5.41, 5.74) is 5.43. The van der Waals surface area contributed by atoms with Gasteiger partial charge in [0, 0.05) is 38.6 Å². The van der Waals surface area contributed by atoms with E-state index in [0.29, 0.717) is 44.3 Å². The van der Waals surface area contributed by atoms with Crippen molar-refractivity contribution in [2.45, 2.75) is 0 Å². The van der Waals surface area contributed by atoms with Gasteiger partial charge in [0.1, 0.15) is 18.1 Å². The molecule has 1 amide bonds. The van der Waals surface area contributed by atoms with E-state index < -0.39 is 0 Å². The third-order valence-electron chi connectivity index (χ3n) is 7.13. The fourth-order valence-corrected chi connectivity index (χ4v) is 4.88. The number of piperazine rings is 1. The summed E-state index contributed by atoms with van der Waals surface area (Å²) in [6, 6.07) is 21.7. The van der Waals surface area contributed by atoms with E-state index in [0.717, 1.165) is 34.0 Å². The number of hydrogen-bond donors (Lipinski definition) is 1. The van der Waals surface area contributed by atoms with Gasteiger partial charge in [-0.25, -0.2) is 9.97 Å². The van der Waals surface area contributed by atoms with Gasteiger partial charge in [0.15, 0.2) is 5.76 Å². The van der Waals surface area contributed by atoms with Gasteiger partial charge in [0.2, 0.25) is 0 Å². The highest BCUT2D eigenvalue weighted by molar-refractivity contribution is 5.91. The summed E-state index contributed by atoms with van der Waals surface area (Å²) in [4.78, 5) is 34.3. The van der Waals surface area contributed by atoms with Crippen molar-refractivity contribution in [3.05, 3.63) is 109 Å². The van der Waals surface area contributed by atoms with Crippen LogP contribution in [0.2, 0.25) is 0 Å². The van der Waals surface area contributed by atoms with E-state index >= 15 is 0 Å². The third kappa shape index (κ3) is 5.83. The summed E-state index contributed by atoms with van der Waals surface area (Å²) in [7, 11) is 0. The molecule has 0 saturated carbocycles. The highest BCUT2D eigenvalue weighted by Crippen LogP contribution is 2.23. The average molecular weight is 559 g/mol. The molecule has 5 aromatic rings. The Morgan fingerprint density at radius 1 is 0.952 bits per heavy atom. The van der Waals surface area contributed by atoms with Crippen LogP contribution in [0.4, 0.5) is 11.5 Å². The van der Waals surface area contributed by atoms with Crippen LogP contribution in [0.3, 0.4) is 0 Å². The molecule has 4 aromatic heterocycles. The Bertz CT molecular complexity index is 1720. The molecule has 1 saturated heterocycles. The van der Waals surface area contributed by atoms with Crippen LogP contribution in [0.25, 0.3) is 22.5 Å². The fraction of sp³-hybridized carbons (Fsp3) is 0.156. The number of nitrogens with zero attached hydrogens (tertiary/aromatic N) is 7. The highest BCUT2D eigenvalue weighted by Gasteiger charge is 2.24. The van der Waals surface area contributed by atoms with E-state index in [1.54, 1.807) is 30.7 Å². The Morgan fingerprint density at radius 3 is 2.55 bits per heavy atom. The summed E-state index contributed by atoms with van der Waals surface area (Å²) in [5, 5.41) is 3.26. The van der Waals surface area contributed by atoms with E-state index in [1.165, 1.54) is 6.26 Å². The quantitative estimate of drug-likeness (QED) is 0.252. The first kappa shape index (κ1) is 26.7. The second kappa shape index (κ2) is 12.3. The number of hydrogen-bond acceptors (Lipinski definition) is 8. The van der Waals surface area contributed by atoms with Crippen LogP contribution in [0.1, 0.15) is 16.2 Å². The van der Waals surface area contributed by atoms with Gasteiger partial charge in [-0.1, -0.05) is 30.3 Å². The zero-order chi connectivity index (χ0) is 28.7. The molecular weight excluding hydrogens is 528 g/mol. The molecule has 0 atom stereocenters. The highest BCUT2D eigenvalue weighted by atomic mass is 16.3. The van der Waals surface area contributed by atoms with E-state index in [2.05, 4.69) is 61.3 Å². The van der Waals surface area contributed by atoms with Crippen molar-refractivity contribution in [3.8, 4) is 11.1 Å². The van der Waals surface area contributed by atoms with Crippen LogP contribution in [0, 0.1) is 0 Å². The standard InChI is InChI=1S/C32H30N8O2/c1-33-27(28-21-36-31-11-9-25(22-40(28)31)24-6-3-2-4-7-24)13-14-34-23-37-26-10-12-30(35-20-26)38-15-17-39(18-16-38)32(41)29-8-5-19-42-29/h2-14,19-22,37H,1,15-18,23H2/b27-13-,34-14-. The van der Waals surface area contributed by atoms with E-state index in [1.807, 2.05) is 51.8 Å². The first-order valence-electron chi connectivity index (χ1n) is 13.7. The number of carbonyl (C=O) groups excluding carboxylic acids is 1. The Hall–Kier alpha value is -5.51. The van der Waals surface area contributed by atoms with Gasteiger partial charge in [-0.15, -0.1) is 0 Å². The van der Waals surface area contributed by atoms with Crippen LogP contribution in [0.5, 0.6) is 0 Å². The van der Waals surface area contributed by atoms with Crippen LogP contribution < -0.4 is 10.2 Å². The lowest BCUT2D eigenvalue weighted by Crippen LogP contribution is -2.49. The van der Waals surface area contributed by atoms with Crippen molar-refractivity contribution in [2.24, 2.45) is 9.98 Å². The van der Waals surface area contributed by atoms with Gasteiger partial charge in [0.25, 0.3) is 5.91 Å². The van der Waals surface area contributed by atoms with Gasteiger partial charge < -0.3 is 19.5 Å². The molecule has 0 unspecified atom stereocenters. The zero-order valence-corrected chi connectivity index (χ0v) is 23.0. The Balaban J connectivity index is 1.03. The Kier molecular flexibility index (Phi) is 7.84. The van der Waals surface area contributed by atoms with Crippen LogP contribution in [0.15, 0.2) is 112 Å². The molecule has 42 heavy (non-hydrogen) atoms. The van der Waals surface area contributed by atoms with Crippen molar-refractivity contribution < 1.29 is 9.21 Å². The SMILES string of the molecule is C=N/C(=C\C=N/CNc1ccc(N2CCN(C(=O)c3ccco3)CC2)nc1)c1cnc2ccc(-c3ccccc3)cn12. The number of rotatable bonds is 9. The van der Waals surface area contributed by atoms with Gasteiger partial charge in [-0.05, 0) is 60.3 Å². The predicted molar refractivity (Wildman–Crippen MR) is 166 cm³/mol. The summed E-state index contributed by atoms with van der Waals surface area (Å²) in [6.07, 6.45) is 10.7. The molecular formula is C32H30N8O2. The van der Waals surface area contributed by atoms with Crippen LogP contribution >= 0.6 is 0 Å². The number of aliphatic imine (C=N–C) groups is 2. The number of allylic oxidation sites excluding steroid dienone is 1. The molecule has 10 heteroatoms. The average Bonchev–Trinajstić information content (AvgIpc) is 3.74. The number of benzene rings is 1. The minimum absolute atomic E-state index is 0.0747. The molecule has 6 rings (SSSR count). The number of pyridine rings is 2. The lowest BCUT2D eigenvalue weighted by atomic mass is 10.1. The second-order valence-corrected chi connectivity index (χ2v) is 9.69. The zero-order valence-electron chi connectivity index (χ0n) is 23.0. The van der Waals surface area contributed by atoms with E-state index in [4.69, 9.17) is 4.42 Å². The minimum Gasteiger partial charge on any atom is -0.459 e. The number of aromatic nitrogens is 3. The van der Waals surface area contributed by atoms with Crippen molar-refractivity contribution in [1.82, 2.24) is 19.3 Å². The fourth-order valence-electron chi connectivity index (χ4n) is 4.88. The van der Waals surface area contributed by atoms with Gasteiger partial charge in [-0.2, -0.15) is 0 Å². The number of imidazole rings is 1. The normalized spacial score (nSPS) is 14.0. The number of carbonyl (C=O) groups is 1. The molecule has 10 nitrogen and oxygen atoms in total. The van der Waals surface area contributed by atoms with E-state index in [-0.39, 0.29) is 5.91 Å². The van der Waals surface area contributed by atoms with Gasteiger partial charge in [-0.3, -0.25) is 19.2 Å². The molecule has 210 valence electrons. The van der Waals surface area contributed by atoms with Crippen LogP contribution in [-0.2, 0) is 0 Å². The largest absolute Gasteiger partial charge is 0.459 e. The lowest BCUT2D eigenvalue weighted by molar-refractivity contribution is 0.0714. The Labute approximate surface area is 243 Å². The van der Waals surface area contributed by atoms with Gasteiger partial charge >= 0.3 is 0 Å². The summed E-state index contributed by atoms with van der Waals surface area (Å²) >= 11 is 0. The number of fused-ring (bicyclic) bond motifs is 1. The second-order valence-electron chi connectivity index (χ2n) is 9.69. The molecule has 0 radical (unpaired) electrons. The summed E-state index contributed by atoms with van der Waals surface area (Å²) < 4.78 is 7.25. The van der Waals surface area contributed by atoms with Crippen molar-refractivity contribution >= 4 is 41.7 Å². The molecule has 1 N–H and O–H groups in total. The Morgan fingerprint density at radius 2 is 1.81 bits per heavy atom. The topological polar surface area (TPSA) is 104 Å². The van der Waals surface area contributed by atoms with Gasteiger partial charge in [0.05, 0.1) is 35.7 Å². The molecule has 1 fully saturated rings. The molecule has 0 aliphatic carbocycles. The molecule has 1 aromatic carbocycles. The van der Waals surface area contributed by atoms with Crippen molar-refractivity contribution in [3.63, 3.8) is 0 Å². The number of amides is 1.